The van der Waals surface area contributed by atoms with E-state index in [2.05, 4.69) is 26.0 Å². The average molecular weight is 159 g/mol. The van der Waals surface area contributed by atoms with Gasteiger partial charge < -0.3 is 14.4 Å². The van der Waals surface area contributed by atoms with E-state index in [9.17, 15) is 0 Å². The van der Waals surface area contributed by atoms with Crippen molar-refractivity contribution in [2.45, 2.75) is 12.8 Å². The molecule has 0 nitrogen and oxygen atoms in total. The maximum Gasteiger partial charge on any atom is 2.00 e. The molecule has 0 aliphatic rings. The molecule has 1 unspecified atom stereocenters. The molecular formula is C10H14Mg. The molecule has 0 bridgehead atoms. The molecule has 0 amide bonds. The number of rotatable bonds is 1. The first-order chi connectivity index (χ1) is 4.30. The molecule has 0 saturated heterocycles. The minimum absolute atomic E-state index is 0. The Morgan fingerprint density at radius 2 is 1.64 bits per heavy atom. The van der Waals surface area contributed by atoms with E-state index in [1.54, 1.807) is 0 Å². The Labute approximate surface area is 86.2 Å². The molecule has 1 heteroatoms. The minimum atomic E-state index is 0. The fourth-order valence-corrected chi connectivity index (χ4v) is 0.782. The second kappa shape index (κ2) is 6.68. The van der Waals surface area contributed by atoms with E-state index in [4.69, 9.17) is 0 Å². The topological polar surface area (TPSA) is 0 Å². The van der Waals surface area contributed by atoms with E-state index < -0.39 is 0 Å². The zero-order valence-electron chi connectivity index (χ0n) is 7.38. The normalized spacial score (nSPS) is 10.7. The summed E-state index contributed by atoms with van der Waals surface area (Å²) >= 11 is 0. The van der Waals surface area contributed by atoms with Crippen molar-refractivity contribution in [3.8, 4) is 0 Å². The second-order valence-corrected chi connectivity index (χ2v) is 2.31. The van der Waals surface area contributed by atoms with Crippen molar-refractivity contribution in [2.75, 3.05) is 0 Å². The summed E-state index contributed by atoms with van der Waals surface area (Å²) in [7, 11) is 0. The molecule has 0 heterocycles. The third-order valence-corrected chi connectivity index (χ3v) is 1.37. The van der Waals surface area contributed by atoms with Crippen molar-refractivity contribution < 1.29 is 0 Å². The first kappa shape index (κ1) is 13.6. The van der Waals surface area contributed by atoms with E-state index in [-0.39, 0.29) is 30.5 Å². The van der Waals surface area contributed by atoms with Crippen LogP contribution in [0, 0.1) is 14.4 Å². The van der Waals surface area contributed by atoms with Crippen molar-refractivity contribution in [3.05, 3.63) is 50.2 Å². The fourth-order valence-electron chi connectivity index (χ4n) is 0.782. The van der Waals surface area contributed by atoms with Crippen LogP contribution in [0.15, 0.2) is 30.3 Å². The van der Waals surface area contributed by atoms with Crippen LogP contribution in [0.4, 0.5) is 0 Å². The van der Waals surface area contributed by atoms with Crippen LogP contribution < -0.4 is 0 Å². The summed E-state index contributed by atoms with van der Waals surface area (Å²) in [6.45, 7) is 6.00. The monoisotopic (exact) mass is 158 g/mol. The Hall–Kier alpha value is -0.0138. The Morgan fingerprint density at radius 1 is 1.18 bits per heavy atom. The Kier molecular flexibility index (Phi) is 8.24. The molecule has 11 heavy (non-hydrogen) atoms. The van der Waals surface area contributed by atoms with Crippen LogP contribution in [0.3, 0.4) is 0 Å². The largest absolute Gasteiger partial charge is 2.00 e. The molecule has 1 aromatic carbocycles. The quantitative estimate of drug-likeness (QED) is 0.436. The molecular weight excluding hydrogens is 144 g/mol. The molecule has 0 spiro atoms. The smallest absolute Gasteiger partial charge is 0.358 e. The van der Waals surface area contributed by atoms with Gasteiger partial charge in [-0.25, -0.2) is 0 Å². The van der Waals surface area contributed by atoms with E-state index >= 15 is 0 Å². The zero-order valence-corrected chi connectivity index (χ0v) is 8.79. The van der Waals surface area contributed by atoms with Gasteiger partial charge in [0.2, 0.25) is 0 Å². The molecule has 0 saturated carbocycles. The predicted molar refractivity (Wildman–Crippen MR) is 52.4 cm³/mol. The molecule has 0 aromatic heterocycles. The van der Waals surface area contributed by atoms with Crippen LogP contribution in [0.25, 0.3) is 0 Å². The van der Waals surface area contributed by atoms with Gasteiger partial charge in [0.1, 0.15) is 0 Å². The third-order valence-electron chi connectivity index (χ3n) is 1.37. The first-order valence-electron chi connectivity index (χ1n) is 3.18. The summed E-state index contributed by atoms with van der Waals surface area (Å²) < 4.78 is 0. The van der Waals surface area contributed by atoms with Gasteiger partial charge in [0, 0.05) is 0 Å². The van der Waals surface area contributed by atoms with E-state index in [0.29, 0.717) is 5.92 Å². The standard InChI is InChI=1S/C9H11.CH3.Mg/c1-8(2)9-6-4-3-5-7-9;;/h3-8H,1H2,2H3;1H3;/q2*-1;+2. The van der Waals surface area contributed by atoms with E-state index in [0.717, 1.165) is 0 Å². The zero-order chi connectivity index (χ0) is 6.69. The molecule has 0 radical (unpaired) electrons. The van der Waals surface area contributed by atoms with Gasteiger partial charge in [-0.3, -0.25) is 0 Å². The van der Waals surface area contributed by atoms with Crippen molar-refractivity contribution in [1.29, 1.82) is 0 Å². The first-order valence-corrected chi connectivity index (χ1v) is 3.18. The van der Waals surface area contributed by atoms with Crippen LogP contribution in [-0.4, -0.2) is 23.1 Å². The molecule has 1 aromatic rings. The summed E-state index contributed by atoms with van der Waals surface area (Å²) in [5.74, 6) is 0.409. The van der Waals surface area contributed by atoms with Gasteiger partial charge in [-0.2, -0.15) is 0 Å². The molecule has 0 fully saturated rings. The molecule has 0 aliphatic carbocycles. The molecule has 0 N–H and O–H groups in total. The molecule has 56 valence electrons. The van der Waals surface area contributed by atoms with Crippen molar-refractivity contribution in [2.24, 2.45) is 0 Å². The van der Waals surface area contributed by atoms with Crippen LogP contribution in [0.5, 0.6) is 0 Å². The second-order valence-electron chi connectivity index (χ2n) is 2.31. The van der Waals surface area contributed by atoms with Gasteiger partial charge in [-0.1, -0.05) is 42.8 Å². The van der Waals surface area contributed by atoms with E-state index in [1.165, 1.54) is 5.56 Å². The SMILES string of the molecule is [CH2-]C(C)c1ccccc1.[CH3-].[Mg+2]. The Balaban J connectivity index is 0. The summed E-state index contributed by atoms with van der Waals surface area (Å²) in [6, 6.07) is 10.3. The van der Waals surface area contributed by atoms with Crippen molar-refractivity contribution in [3.63, 3.8) is 0 Å². The Morgan fingerprint density at radius 3 is 1.91 bits per heavy atom. The Bertz CT molecular complexity index is 167. The fraction of sp³-hybridized carbons (Fsp3) is 0.200. The van der Waals surface area contributed by atoms with Gasteiger partial charge in [0.25, 0.3) is 0 Å². The summed E-state index contributed by atoms with van der Waals surface area (Å²) in [6.07, 6.45) is 0. The van der Waals surface area contributed by atoms with Crippen molar-refractivity contribution >= 4 is 23.1 Å². The summed E-state index contributed by atoms with van der Waals surface area (Å²) in [5, 5.41) is 0. The third kappa shape index (κ3) is 4.43. The van der Waals surface area contributed by atoms with Crippen LogP contribution in [-0.2, 0) is 0 Å². The predicted octanol–water partition coefficient (Wildman–Crippen LogP) is 2.69. The van der Waals surface area contributed by atoms with Gasteiger partial charge in [-0.15, -0.1) is 5.92 Å². The summed E-state index contributed by atoms with van der Waals surface area (Å²) in [4.78, 5) is 0. The molecule has 1 atom stereocenters. The summed E-state index contributed by atoms with van der Waals surface area (Å²) in [5.41, 5.74) is 1.30. The maximum absolute atomic E-state index is 3.91. The number of hydrogen-bond donors (Lipinski definition) is 0. The van der Waals surface area contributed by atoms with E-state index in [1.807, 2.05) is 18.2 Å². The molecule has 0 aliphatic heterocycles. The van der Waals surface area contributed by atoms with Gasteiger partial charge in [0.15, 0.2) is 0 Å². The van der Waals surface area contributed by atoms with Crippen molar-refractivity contribution in [1.82, 2.24) is 0 Å². The van der Waals surface area contributed by atoms with Gasteiger partial charge in [0.05, 0.1) is 0 Å². The molecule has 1 rings (SSSR count). The van der Waals surface area contributed by atoms with Gasteiger partial charge >= 0.3 is 23.1 Å². The van der Waals surface area contributed by atoms with Gasteiger partial charge in [-0.05, 0) is 0 Å². The number of benzene rings is 1. The number of hydrogen-bond acceptors (Lipinski definition) is 0. The van der Waals surface area contributed by atoms with Crippen LogP contribution in [0.2, 0.25) is 0 Å². The average Bonchev–Trinajstić information content (AvgIpc) is 1.90. The minimum Gasteiger partial charge on any atom is -0.358 e. The van der Waals surface area contributed by atoms with Crippen LogP contribution >= 0.6 is 0 Å². The maximum atomic E-state index is 3.91. The van der Waals surface area contributed by atoms with Crippen LogP contribution in [0.1, 0.15) is 18.4 Å².